The van der Waals surface area contributed by atoms with E-state index in [-0.39, 0.29) is 0 Å². The van der Waals surface area contributed by atoms with Crippen molar-refractivity contribution < 1.29 is 14.3 Å². The molecule has 0 amide bonds. The SMILES string of the molecule is CCCc1cc(OCC=C(Br)Br)cc(Br)c1OCCCCCCCON=C(C)C. The first-order chi connectivity index (χ1) is 13.9. The van der Waals surface area contributed by atoms with Gasteiger partial charge in [0, 0.05) is 0 Å². The van der Waals surface area contributed by atoms with Crippen LogP contribution in [-0.2, 0) is 11.3 Å². The van der Waals surface area contributed by atoms with E-state index in [9.17, 15) is 0 Å². The number of oxime groups is 1. The lowest BCUT2D eigenvalue weighted by molar-refractivity contribution is 0.139. The first kappa shape index (κ1) is 26.5. The summed E-state index contributed by atoms with van der Waals surface area (Å²) in [5.41, 5.74) is 2.14. The van der Waals surface area contributed by atoms with Gasteiger partial charge >= 0.3 is 0 Å². The van der Waals surface area contributed by atoms with E-state index in [2.05, 4.69) is 65.9 Å². The second-order valence-corrected chi connectivity index (χ2v) is 10.6. The molecule has 0 aliphatic carbocycles. The molecule has 7 heteroatoms. The third kappa shape index (κ3) is 12.7. The smallest absolute Gasteiger partial charge is 0.136 e. The second-order valence-electron chi connectivity index (χ2n) is 6.94. The van der Waals surface area contributed by atoms with E-state index in [4.69, 9.17) is 14.3 Å². The number of hydrogen-bond donors (Lipinski definition) is 0. The molecule has 0 unspecified atom stereocenters. The fourth-order valence-corrected chi connectivity index (χ4v) is 3.53. The van der Waals surface area contributed by atoms with Gasteiger partial charge in [-0.3, -0.25) is 0 Å². The van der Waals surface area contributed by atoms with Crippen LogP contribution in [0.15, 0.2) is 31.2 Å². The van der Waals surface area contributed by atoms with Gasteiger partial charge < -0.3 is 14.3 Å². The zero-order chi connectivity index (χ0) is 21.5. The maximum Gasteiger partial charge on any atom is 0.136 e. The molecular formula is C22H32Br3NO3. The van der Waals surface area contributed by atoms with Gasteiger partial charge in [-0.2, -0.15) is 0 Å². The molecule has 0 atom stereocenters. The van der Waals surface area contributed by atoms with E-state index < -0.39 is 0 Å². The van der Waals surface area contributed by atoms with Crippen LogP contribution in [-0.4, -0.2) is 25.5 Å². The lowest BCUT2D eigenvalue weighted by Gasteiger charge is -2.15. The average Bonchev–Trinajstić information content (AvgIpc) is 2.64. The van der Waals surface area contributed by atoms with Crippen molar-refractivity contribution in [3.8, 4) is 11.5 Å². The van der Waals surface area contributed by atoms with Crippen molar-refractivity contribution in [3.05, 3.63) is 31.6 Å². The number of halogens is 3. The van der Waals surface area contributed by atoms with Gasteiger partial charge in [-0.1, -0.05) is 31.3 Å². The highest BCUT2D eigenvalue weighted by Crippen LogP contribution is 2.35. The molecule has 164 valence electrons. The van der Waals surface area contributed by atoms with E-state index in [0.29, 0.717) is 13.2 Å². The predicted octanol–water partition coefficient (Wildman–Crippen LogP) is 8.15. The first-order valence-corrected chi connectivity index (χ1v) is 12.5. The summed E-state index contributed by atoms with van der Waals surface area (Å²) in [5, 5.41) is 3.94. The molecule has 29 heavy (non-hydrogen) atoms. The van der Waals surface area contributed by atoms with Crippen LogP contribution >= 0.6 is 47.8 Å². The average molecular weight is 598 g/mol. The highest BCUT2D eigenvalue weighted by atomic mass is 79.9. The summed E-state index contributed by atoms with van der Waals surface area (Å²) in [5.74, 6) is 1.78. The summed E-state index contributed by atoms with van der Waals surface area (Å²) < 4.78 is 13.8. The summed E-state index contributed by atoms with van der Waals surface area (Å²) >= 11 is 10.3. The van der Waals surface area contributed by atoms with Gasteiger partial charge in [-0.05, 0) is 111 Å². The molecule has 0 aliphatic rings. The molecule has 0 fully saturated rings. The summed E-state index contributed by atoms with van der Waals surface area (Å²) in [6, 6.07) is 4.06. The molecule has 1 aromatic rings. The van der Waals surface area contributed by atoms with Crippen LogP contribution in [0.5, 0.6) is 11.5 Å². The molecule has 0 saturated carbocycles. The maximum absolute atomic E-state index is 6.12. The van der Waals surface area contributed by atoms with Crippen LogP contribution in [0.1, 0.15) is 64.9 Å². The van der Waals surface area contributed by atoms with Crippen molar-refractivity contribution >= 4 is 53.5 Å². The van der Waals surface area contributed by atoms with Crippen LogP contribution in [0, 0.1) is 0 Å². The Morgan fingerprint density at radius 3 is 2.34 bits per heavy atom. The minimum atomic E-state index is 0.499. The fraction of sp³-hybridized carbons (Fsp3) is 0.591. The van der Waals surface area contributed by atoms with Crippen LogP contribution in [0.4, 0.5) is 0 Å². The Morgan fingerprint density at radius 1 is 1.00 bits per heavy atom. The van der Waals surface area contributed by atoms with Gasteiger partial charge in [0.15, 0.2) is 0 Å². The lowest BCUT2D eigenvalue weighted by Crippen LogP contribution is -2.03. The highest BCUT2D eigenvalue weighted by Gasteiger charge is 2.11. The molecule has 0 saturated heterocycles. The molecule has 0 bridgehead atoms. The van der Waals surface area contributed by atoms with Gasteiger partial charge in [-0.15, -0.1) is 0 Å². The number of nitrogens with zero attached hydrogens (tertiary/aromatic N) is 1. The Balaban J connectivity index is 2.40. The summed E-state index contributed by atoms with van der Waals surface area (Å²) in [7, 11) is 0. The Hall–Kier alpha value is -0.530. The molecule has 1 aromatic carbocycles. The quantitative estimate of drug-likeness (QED) is 0.116. The van der Waals surface area contributed by atoms with Crippen molar-refractivity contribution in [1.29, 1.82) is 0 Å². The summed E-state index contributed by atoms with van der Waals surface area (Å²) in [6.07, 6.45) is 9.54. The van der Waals surface area contributed by atoms with Gasteiger partial charge in [0.05, 0.1) is 20.2 Å². The number of hydrogen-bond acceptors (Lipinski definition) is 4. The normalized spacial score (nSPS) is 10.4. The molecule has 4 nitrogen and oxygen atoms in total. The molecule has 0 aromatic heterocycles. The van der Waals surface area contributed by atoms with Gasteiger partial charge in [0.1, 0.15) is 24.7 Å². The number of unbranched alkanes of at least 4 members (excludes halogenated alkanes) is 4. The van der Waals surface area contributed by atoms with Gasteiger partial charge in [0.25, 0.3) is 0 Å². The maximum atomic E-state index is 6.12. The number of aryl methyl sites for hydroxylation is 1. The third-order valence-corrected chi connectivity index (χ3v) is 5.21. The van der Waals surface area contributed by atoms with Crippen LogP contribution in [0.25, 0.3) is 0 Å². The highest BCUT2D eigenvalue weighted by molar-refractivity contribution is 9.28. The fourth-order valence-electron chi connectivity index (χ4n) is 2.67. The van der Waals surface area contributed by atoms with E-state index in [0.717, 1.165) is 70.2 Å². The Bertz CT molecular complexity index is 655. The van der Waals surface area contributed by atoms with Crippen molar-refractivity contribution in [2.75, 3.05) is 19.8 Å². The van der Waals surface area contributed by atoms with E-state index in [1.807, 2.05) is 26.0 Å². The Kier molecular flexibility index (Phi) is 14.8. The zero-order valence-corrected chi connectivity index (χ0v) is 22.4. The Morgan fingerprint density at radius 2 is 1.69 bits per heavy atom. The van der Waals surface area contributed by atoms with Gasteiger partial charge in [-0.25, -0.2) is 0 Å². The predicted molar refractivity (Wildman–Crippen MR) is 133 cm³/mol. The van der Waals surface area contributed by atoms with Crippen LogP contribution < -0.4 is 9.47 Å². The van der Waals surface area contributed by atoms with Crippen LogP contribution in [0.2, 0.25) is 0 Å². The molecule has 0 N–H and O–H groups in total. The number of rotatable bonds is 15. The molecule has 0 aliphatic heterocycles. The van der Waals surface area contributed by atoms with E-state index in [1.54, 1.807) is 0 Å². The van der Waals surface area contributed by atoms with Gasteiger partial charge in [0.2, 0.25) is 0 Å². The van der Waals surface area contributed by atoms with Crippen molar-refractivity contribution in [3.63, 3.8) is 0 Å². The molecule has 1 rings (SSSR count). The molecule has 0 spiro atoms. The number of benzene rings is 1. The van der Waals surface area contributed by atoms with E-state index in [1.165, 1.54) is 12.0 Å². The lowest BCUT2D eigenvalue weighted by atomic mass is 10.1. The first-order valence-electron chi connectivity index (χ1n) is 10.2. The second kappa shape index (κ2) is 16.2. The molecular weight excluding hydrogens is 566 g/mol. The van der Waals surface area contributed by atoms with Crippen molar-refractivity contribution in [2.45, 2.75) is 65.7 Å². The summed E-state index contributed by atoms with van der Waals surface area (Å²) in [4.78, 5) is 5.22. The van der Waals surface area contributed by atoms with Crippen molar-refractivity contribution in [1.82, 2.24) is 0 Å². The molecule has 0 heterocycles. The Labute approximate surface area is 200 Å². The molecule has 0 radical (unpaired) electrons. The van der Waals surface area contributed by atoms with E-state index >= 15 is 0 Å². The van der Waals surface area contributed by atoms with Crippen LogP contribution in [0.3, 0.4) is 0 Å². The summed E-state index contributed by atoms with van der Waals surface area (Å²) in [6.45, 7) is 7.97. The minimum absolute atomic E-state index is 0.499. The topological polar surface area (TPSA) is 40.0 Å². The third-order valence-electron chi connectivity index (χ3n) is 3.97. The standard InChI is InChI=1S/C22H32Br3NO3/c1-4-10-18-15-19(27-14-11-21(24)25)16-20(23)22(18)28-12-8-6-5-7-9-13-29-26-17(2)3/h11,15-16H,4-10,12-14H2,1-3H3. The van der Waals surface area contributed by atoms with Crippen molar-refractivity contribution in [2.24, 2.45) is 5.16 Å². The number of ether oxygens (including phenoxy) is 2. The largest absolute Gasteiger partial charge is 0.492 e. The minimum Gasteiger partial charge on any atom is -0.492 e. The zero-order valence-electron chi connectivity index (χ0n) is 17.6. The monoisotopic (exact) mass is 595 g/mol.